The average Bonchev–Trinajstić information content (AvgIpc) is 2.86. The van der Waals surface area contributed by atoms with Crippen LogP contribution >= 0.6 is 0 Å². The summed E-state index contributed by atoms with van der Waals surface area (Å²) in [6.45, 7) is 4.25. The van der Waals surface area contributed by atoms with E-state index in [1.54, 1.807) is 0 Å². The summed E-state index contributed by atoms with van der Waals surface area (Å²) in [5, 5.41) is 2.62. The summed E-state index contributed by atoms with van der Waals surface area (Å²) >= 11 is 0. The van der Waals surface area contributed by atoms with Crippen LogP contribution in [0.15, 0.2) is 133 Å². The normalized spacial score (nSPS) is 9.74. The van der Waals surface area contributed by atoms with Crippen LogP contribution in [0.3, 0.4) is 0 Å². The van der Waals surface area contributed by atoms with Gasteiger partial charge in [-0.1, -0.05) is 148 Å². The lowest BCUT2D eigenvalue weighted by Gasteiger charge is -2.05. The molecule has 0 fully saturated rings. The van der Waals surface area contributed by atoms with E-state index in [1.807, 2.05) is 12.1 Å². The van der Waals surface area contributed by atoms with Gasteiger partial charge in [-0.3, -0.25) is 0 Å². The second-order valence-electron chi connectivity index (χ2n) is 7.37. The molecule has 0 aliphatic rings. The zero-order chi connectivity index (χ0) is 21.7. The van der Waals surface area contributed by atoms with Crippen molar-refractivity contribution in [1.82, 2.24) is 0 Å². The first-order valence-corrected chi connectivity index (χ1v) is 11.0. The molecule has 0 amide bonds. The Kier molecular flexibility index (Phi) is 8.64. The quantitative estimate of drug-likeness (QED) is 0.276. The van der Waals surface area contributed by atoms with Crippen LogP contribution in [0.25, 0.3) is 33.0 Å². The smallest absolute Gasteiger partial charge is 0.0178 e. The van der Waals surface area contributed by atoms with E-state index in [9.17, 15) is 0 Å². The highest BCUT2D eigenvalue weighted by Crippen LogP contribution is 2.25. The molecule has 154 valence electrons. The molecule has 5 aromatic rings. The Labute approximate surface area is 186 Å². The molecule has 31 heavy (non-hydrogen) atoms. The number of fused-ring (bicyclic) bond motifs is 1. The summed E-state index contributed by atoms with van der Waals surface area (Å²) in [4.78, 5) is 0. The minimum Gasteiger partial charge on any atom is -0.0656 e. The number of hydrogen-bond donors (Lipinski definition) is 0. The SMILES string of the molecule is CCC.c1ccc(-c2cccc(-c3ccccc3)c2)cc1.c1ccc2ccccc2c1. The van der Waals surface area contributed by atoms with Crippen molar-refractivity contribution in [2.45, 2.75) is 20.3 Å². The molecule has 0 atom stereocenters. The maximum absolute atomic E-state index is 2.24. The molecule has 0 unspecified atom stereocenters. The fourth-order valence-corrected chi connectivity index (χ4v) is 3.27. The van der Waals surface area contributed by atoms with Crippen molar-refractivity contribution in [2.24, 2.45) is 0 Å². The Morgan fingerprint density at radius 2 is 0.645 bits per heavy atom. The lowest BCUT2D eigenvalue weighted by atomic mass is 9.99. The van der Waals surface area contributed by atoms with Crippen molar-refractivity contribution in [1.29, 1.82) is 0 Å². The van der Waals surface area contributed by atoms with Crippen molar-refractivity contribution >= 4 is 10.8 Å². The molecular weight excluding hydrogens is 372 g/mol. The Morgan fingerprint density at radius 1 is 0.355 bits per heavy atom. The highest BCUT2D eigenvalue weighted by molar-refractivity contribution is 5.82. The molecule has 0 heterocycles. The topological polar surface area (TPSA) is 0 Å². The molecule has 0 aromatic heterocycles. The maximum atomic E-state index is 2.24. The first-order chi connectivity index (χ1) is 15.3. The zero-order valence-electron chi connectivity index (χ0n) is 18.4. The molecule has 5 aromatic carbocycles. The van der Waals surface area contributed by atoms with Crippen LogP contribution in [0, 0.1) is 0 Å². The van der Waals surface area contributed by atoms with Gasteiger partial charge in [-0.25, -0.2) is 0 Å². The summed E-state index contributed by atoms with van der Waals surface area (Å²) in [6, 6.07) is 46.3. The van der Waals surface area contributed by atoms with Gasteiger partial charge in [-0.05, 0) is 39.1 Å². The van der Waals surface area contributed by atoms with Crippen LogP contribution in [-0.2, 0) is 0 Å². The van der Waals surface area contributed by atoms with E-state index in [0.29, 0.717) is 0 Å². The van der Waals surface area contributed by atoms with Crippen LogP contribution in [0.1, 0.15) is 20.3 Å². The predicted molar refractivity (Wildman–Crippen MR) is 137 cm³/mol. The van der Waals surface area contributed by atoms with Crippen molar-refractivity contribution in [2.75, 3.05) is 0 Å². The minimum absolute atomic E-state index is 1.25. The monoisotopic (exact) mass is 402 g/mol. The van der Waals surface area contributed by atoms with Crippen LogP contribution in [0.4, 0.5) is 0 Å². The molecule has 0 nitrogen and oxygen atoms in total. The molecular formula is C31H30. The van der Waals surface area contributed by atoms with E-state index in [1.165, 1.54) is 39.4 Å². The van der Waals surface area contributed by atoms with Gasteiger partial charge in [-0.15, -0.1) is 0 Å². The van der Waals surface area contributed by atoms with E-state index in [-0.39, 0.29) is 0 Å². The summed E-state index contributed by atoms with van der Waals surface area (Å²) in [6.07, 6.45) is 1.25. The van der Waals surface area contributed by atoms with Crippen LogP contribution in [0.5, 0.6) is 0 Å². The summed E-state index contributed by atoms with van der Waals surface area (Å²) in [5.41, 5.74) is 5.04. The molecule has 0 radical (unpaired) electrons. The molecule has 0 saturated heterocycles. The Morgan fingerprint density at radius 3 is 1.00 bits per heavy atom. The van der Waals surface area contributed by atoms with Gasteiger partial charge in [0.15, 0.2) is 0 Å². The standard InChI is InChI=1S/C18H14.C10H8.C3H8/c1-3-8-15(9-4-1)17-12-7-13-18(14-17)16-10-5-2-6-11-16;1-2-6-10-8-4-3-7-9(10)5-1;1-3-2/h1-14H;1-8H;3H2,1-2H3. The van der Waals surface area contributed by atoms with Gasteiger partial charge in [0.1, 0.15) is 0 Å². The maximum Gasteiger partial charge on any atom is -0.0178 e. The third kappa shape index (κ3) is 6.69. The number of benzene rings is 5. The molecule has 0 N–H and O–H groups in total. The molecule has 0 saturated carbocycles. The first-order valence-electron chi connectivity index (χ1n) is 11.0. The fraction of sp³-hybridized carbons (Fsp3) is 0.0968. The highest BCUT2D eigenvalue weighted by Gasteiger charge is 2.00. The Balaban J connectivity index is 0.000000176. The van der Waals surface area contributed by atoms with Gasteiger partial charge >= 0.3 is 0 Å². The van der Waals surface area contributed by atoms with E-state index >= 15 is 0 Å². The first kappa shape index (κ1) is 22.1. The van der Waals surface area contributed by atoms with Crippen molar-refractivity contribution < 1.29 is 0 Å². The van der Waals surface area contributed by atoms with Gasteiger partial charge in [0.05, 0.1) is 0 Å². The van der Waals surface area contributed by atoms with Crippen molar-refractivity contribution in [3.63, 3.8) is 0 Å². The van der Waals surface area contributed by atoms with E-state index in [2.05, 4.69) is 135 Å². The van der Waals surface area contributed by atoms with Gasteiger partial charge in [-0.2, -0.15) is 0 Å². The number of rotatable bonds is 2. The molecule has 0 aliphatic carbocycles. The largest absolute Gasteiger partial charge is 0.0656 e. The fourth-order valence-electron chi connectivity index (χ4n) is 3.27. The van der Waals surface area contributed by atoms with Gasteiger partial charge in [0, 0.05) is 0 Å². The molecule has 0 heteroatoms. The second kappa shape index (κ2) is 12.1. The summed E-state index contributed by atoms with van der Waals surface area (Å²) in [5.74, 6) is 0. The second-order valence-corrected chi connectivity index (χ2v) is 7.37. The third-order valence-corrected chi connectivity index (χ3v) is 4.74. The molecule has 0 spiro atoms. The highest BCUT2D eigenvalue weighted by atomic mass is 14.0. The zero-order valence-corrected chi connectivity index (χ0v) is 18.4. The lowest BCUT2D eigenvalue weighted by Crippen LogP contribution is -1.80. The minimum atomic E-state index is 1.25. The van der Waals surface area contributed by atoms with Crippen LogP contribution < -0.4 is 0 Å². The lowest BCUT2D eigenvalue weighted by molar-refractivity contribution is 1.09. The van der Waals surface area contributed by atoms with Gasteiger partial charge < -0.3 is 0 Å². The third-order valence-electron chi connectivity index (χ3n) is 4.74. The van der Waals surface area contributed by atoms with Crippen LogP contribution in [0.2, 0.25) is 0 Å². The average molecular weight is 403 g/mol. The van der Waals surface area contributed by atoms with E-state index in [4.69, 9.17) is 0 Å². The van der Waals surface area contributed by atoms with Crippen LogP contribution in [-0.4, -0.2) is 0 Å². The molecule has 0 bridgehead atoms. The Hall–Kier alpha value is -3.64. The molecule has 5 rings (SSSR count). The van der Waals surface area contributed by atoms with Gasteiger partial charge in [0.25, 0.3) is 0 Å². The van der Waals surface area contributed by atoms with E-state index < -0.39 is 0 Å². The van der Waals surface area contributed by atoms with Gasteiger partial charge in [0.2, 0.25) is 0 Å². The Bertz CT molecular complexity index is 1040. The van der Waals surface area contributed by atoms with E-state index in [0.717, 1.165) is 0 Å². The summed E-state index contributed by atoms with van der Waals surface area (Å²) in [7, 11) is 0. The predicted octanol–water partition coefficient (Wildman–Crippen LogP) is 9.28. The van der Waals surface area contributed by atoms with Crippen molar-refractivity contribution in [3.05, 3.63) is 133 Å². The summed E-state index contributed by atoms with van der Waals surface area (Å²) < 4.78 is 0. The number of hydrogen-bond acceptors (Lipinski definition) is 0. The van der Waals surface area contributed by atoms with Crippen molar-refractivity contribution in [3.8, 4) is 22.3 Å². The molecule has 0 aliphatic heterocycles.